The Hall–Kier alpha value is -0.900. The number of nitrogens with two attached hydrogens (primary N) is 1. The quantitative estimate of drug-likeness (QED) is 0.827. The molecule has 0 aromatic carbocycles. The number of hydrogen-bond acceptors (Lipinski definition) is 4. The summed E-state index contributed by atoms with van der Waals surface area (Å²) in [5.41, 5.74) is 5.93. The first-order chi connectivity index (χ1) is 7.31. The van der Waals surface area contributed by atoms with Crippen molar-refractivity contribution in [3.05, 3.63) is 11.7 Å². The summed E-state index contributed by atoms with van der Waals surface area (Å²) < 4.78 is 5.27. The Morgan fingerprint density at radius 2 is 2.20 bits per heavy atom. The van der Waals surface area contributed by atoms with Gasteiger partial charge in [0.2, 0.25) is 5.89 Å². The van der Waals surface area contributed by atoms with Crippen LogP contribution in [0.5, 0.6) is 0 Å². The highest BCUT2D eigenvalue weighted by atomic mass is 16.5. The lowest BCUT2D eigenvalue weighted by Gasteiger charge is -2.03. The van der Waals surface area contributed by atoms with Gasteiger partial charge in [-0.1, -0.05) is 31.3 Å². The van der Waals surface area contributed by atoms with Gasteiger partial charge in [0.15, 0.2) is 5.82 Å². The molecular weight excluding hydrogens is 190 g/mol. The molecule has 1 heterocycles. The number of hydrogen-bond donors (Lipinski definition) is 1. The Kier molecular flexibility index (Phi) is 3.36. The lowest BCUT2D eigenvalue weighted by Crippen LogP contribution is -2.11. The molecule has 1 aromatic rings. The second-order valence-electron chi connectivity index (χ2n) is 4.37. The molecule has 1 fully saturated rings. The van der Waals surface area contributed by atoms with Crippen LogP contribution < -0.4 is 5.73 Å². The van der Waals surface area contributed by atoms with Crippen LogP contribution in [0.1, 0.15) is 69.1 Å². The Labute approximate surface area is 90.2 Å². The van der Waals surface area contributed by atoms with Crippen LogP contribution in [0.15, 0.2) is 4.52 Å². The van der Waals surface area contributed by atoms with Crippen molar-refractivity contribution in [2.75, 3.05) is 0 Å². The minimum atomic E-state index is -0.0612. The van der Waals surface area contributed by atoms with E-state index in [2.05, 4.69) is 17.1 Å². The molecule has 1 saturated carbocycles. The molecule has 1 unspecified atom stereocenters. The van der Waals surface area contributed by atoms with Crippen LogP contribution in [0.2, 0.25) is 0 Å². The van der Waals surface area contributed by atoms with Gasteiger partial charge in [-0.25, -0.2) is 0 Å². The summed E-state index contributed by atoms with van der Waals surface area (Å²) in [7, 11) is 0. The van der Waals surface area contributed by atoms with E-state index in [0.717, 1.165) is 18.7 Å². The second kappa shape index (κ2) is 4.75. The second-order valence-corrected chi connectivity index (χ2v) is 4.37. The van der Waals surface area contributed by atoms with E-state index in [4.69, 9.17) is 10.3 Å². The summed E-state index contributed by atoms with van der Waals surface area (Å²) in [6.07, 6.45) is 6.90. The molecule has 1 aliphatic carbocycles. The summed E-state index contributed by atoms with van der Waals surface area (Å²) in [6.45, 7) is 2.11. The van der Waals surface area contributed by atoms with E-state index < -0.39 is 0 Å². The van der Waals surface area contributed by atoms with Crippen molar-refractivity contribution in [2.24, 2.45) is 5.73 Å². The van der Waals surface area contributed by atoms with Crippen LogP contribution in [0, 0.1) is 0 Å². The zero-order valence-electron chi connectivity index (χ0n) is 9.28. The van der Waals surface area contributed by atoms with Gasteiger partial charge in [-0.15, -0.1) is 0 Å². The predicted octanol–water partition coefficient (Wildman–Crippen LogP) is 2.53. The SMILES string of the molecule is CCCC(N)c1noc(C2CCCC2)n1. The van der Waals surface area contributed by atoms with Gasteiger partial charge in [-0.2, -0.15) is 4.98 Å². The fraction of sp³-hybridized carbons (Fsp3) is 0.818. The van der Waals surface area contributed by atoms with Crippen LogP contribution >= 0.6 is 0 Å². The van der Waals surface area contributed by atoms with Gasteiger partial charge in [0, 0.05) is 5.92 Å². The van der Waals surface area contributed by atoms with E-state index in [0.29, 0.717) is 11.7 Å². The average Bonchev–Trinajstić information content (AvgIpc) is 2.89. The van der Waals surface area contributed by atoms with Crippen molar-refractivity contribution >= 4 is 0 Å². The van der Waals surface area contributed by atoms with E-state index in [-0.39, 0.29) is 6.04 Å². The van der Waals surface area contributed by atoms with Gasteiger partial charge < -0.3 is 10.3 Å². The van der Waals surface area contributed by atoms with Crippen molar-refractivity contribution in [1.29, 1.82) is 0 Å². The van der Waals surface area contributed by atoms with Crippen LogP contribution in [-0.2, 0) is 0 Å². The maximum absolute atomic E-state index is 5.93. The highest BCUT2D eigenvalue weighted by molar-refractivity contribution is 4.99. The molecule has 1 atom stereocenters. The third-order valence-electron chi connectivity index (χ3n) is 3.09. The van der Waals surface area contributed by atoms with Crippen molar-refractivity contribution in [3.8, 4) is 0 Å². The molecule has 2 rings (SSSR count). The third kappa shape index (κ3) is 2.37. The first kappa shape index (κ1) is 10.6. The standard InChI is InChI=1S/C11H19N3O/c1-2-5-9(12)10-13-11(15-14-10)8-6-3-4-7-8/h8-9H,2-7,12H2,1H3. The molecule has 4 nitrogen and oxygen atoms in total. The maximum Gasteiger partial charge on any atom is 0.229 e. The lowest BCUT2D eigenvalue weighted by atomic mass is 10.1. The summed E-state index contributed by atoms with van der Waals surface area (Å²) in [4.78, 5) is 4.41. The van der Waals surface area contributed by atoms with Crippen LogP contribution in [0.4, 0.5) is 0 Å². The summed E-state index contributed by atoms with van der Waals surface area (Å²) in [5.74, 6) is 1.97. The van der Waals surface area contributed by atoms with Gasteiger partial charge in [0.05, 0.1) is 6.04 Å². The molecule has 84 valence electrons. The molecule has 0 radical (unpaired) electrons. The van der Waals surface area contributed by atoms with Gasteiger partial charge in [-0.05, 0) is 19.3 Å². The maximum atomic E-state index is 5.93. The van der Waals surface area contributed by atoms with E-state index >= 15 is 0 Å². The fourth-order valence-electron chi connectivity index (χ4n) is 2.18. The molecule has 0 spiro atoms. The molecule has 2 N–H and O–H groups in total. The Balaban J connectivity index is 2.02. The van der Waals surface area contributed by atoms with Gasteiger partial charge in [0.25, 0.3) is 0 Å². The zero-order valence-corrected chi connectivity index (χ0v) is 9.28. The number of aromatic nitrogens is 2. The first-order valence-electron chi connectivity index (χ1n) is 5.90. The predicted molar refractivity (Wildman–Crippen MR) is 57.3 cm³/mol. The van der Waals surface area contributed by atoms with Crippen molar-refractivity contribution in [1.82, 2.24) is 10.1 Å². The molecule has 4 heteroatoms. The minimum absolute atomic E-state index is 0.0612. The number of nitrogens with zero attached hydrogens (tertiary/aromatic N) is 2. The third-order valence-corrected chi connectivity index (χ3v) is 3.09. The molecule has 0 aliphatic heterocycles. The van der Waals surface area contributed by atoms with Crippen LogP contribution in [0.25, 0.3) is 0 Å². The van der Waals surface area contributed by atoms with Gasteiger partial charge >= 0.3 is 0 Å². The molecule has 0 bridgehead atoms. The zero-order chi connectivity index (χ0) is 10.7. The topological polar surface area (TPSA) is 64.9 Å². The van der Waals surface area contributed by atoms with E-state index in [1.165, 1.54) is 25.7 Å². The normalized spacial score (nSPS) is 19.6. The smallest absolute Gasteiger partial charge is 0.229 e. The lowest BCUT2D eigenvalue weighted by molar-refractivity contribution is 0.347. The average molecular weight is 209 g/mol. The molecule has 1 aromatic heterocycles. The minimum Gasteiger partial charge on any atom is -0.339 e. The van der Waals surface area contributed by atoms with E-state index in [1.807, 2.05) is 0 Å². The monoisotopic (exact) mass is 209 g/mol. The highest BCUT2D eigenvalue weighted by Gasteiger charge is 2.24. The summed E-state index contributed by atoms with van der Waals surface area (Å²) >= 11 is 0. The summed E-state index contributed by atoms with van der Waals surface area (Å²) in [6, 6.07) is -0.0612. The molecule has 0 amide bonds. The van der Waals surface area contributed by atoms with Crippen LogP contribution in [-0.4, -0.2) is 10.1 Å². The largest absolute Gasteiger partial charge is 0.339 e. The highest BCUT2D eigenvalue weighted by Crippen LogP contribution is 2.33. The fourth-order valence-corrected chi connectivity index (χ4v) is 2.18. The Morgan fingerprint density at radius 1 is 1.47 bits per heavy atom. The molecule has 1 aliphatic rings. The van der Waals surface area contributed by atoms with Crippen molar-refractivity contribution in [2.45, 2.75) is 57.4 Å². The van der Waals surface area contributed by atoms with Gasteiger partial charge in [0.1, 0.15) is 0 Å². The molecule has 0 saturated heterocycles. The number of rotatable bonds is 4. The van der Waals surface area contributed by atoms with Crippen molar-refractivity contribution < 1.29 is 4.52 Å². The Bertz CT molecular complexity index is 305. The van der Waals surface area contributed by atoms with E-state index in [1.54, 1.807) is 0 Å². The van der Waals surface area contributed by atoms with Crippen molar-refractivity contribution in [3.63, 3.8) is 0 Å². The molecular formula is C11H19N3O. The molecule has 15 heavy (non-hydrogen) atoms. The van der Waals surface area contributed by atoms with Gasteiger partial charge in [-0.3, -0.25) is 0 Å². The Morgan fingerprint density at radius 3 is 2.87 bits per heavy atom. The van der Waals surface area contributed by atoms with Crippen LogP contribution in [0.3, 0.4) is 0 Å². The summed E-state index contributed by atoms with van der Waals surface area (Å²) in [5, 5.41) is 3.97. The van der Waals surface area contributed by atoms with E-state index in [9.17, 15) is 0 Å². The first-order valence-corrected chi connectivity index (χ1v) is 5.90.